The second kappa shape index (κ2) is 12.2. The average molecular weight is 689 g/mol. The minimum Gasteiger partial charge on any atom is -0.454 e. The molecule has 3 nitrogen and oxygen atoms in total. The monoisotopic (exact) mass is 688 g/mol. The lowest BCUT2D eigenvalue weighted by Crippen LogP contribution is -2.10. The van der Waals surface area contributed by atoms with Crippen molar-refractivity contribution in [2.24, 2.45) is 0 Å². The van der Waals surface area contributed by atoms with E-state index in [9.17, 15) is 0 Å². The van der Waals surface area contributed by atoms with E-state index >= 15 is 0 Å². The number of nitrogens with zero attached hydrogens (tertiary/aromatic N) is 2. The smallest absolute Gasteiger partial charge is 0.154 e. The number of hydrogen-bond acceptors (Lipinski definition) is 3. The van der Waals surface area contributed by atoms with E-state index in [2.05, 4.69) is 181 Å². The molecule has 0 spiro atoms. The van der Waals surface area contributed by atoms with E-state index in [0.29, 0.717) is 0 Å². The summed E-state index contributed by atoms with van der Waals surface area (Å²) in [7, 11) is 0. The third-order valence-corrected chi connectivity index (χ3v) is 10.8. The van der Waals surface area contributed by atoms with Gasteiger partial charge in [-0.2, -0.15) is 0 Å². The van der Waals surface area contributed by atoms with Gasteiger partial charge in [0.2, 0.25) is 0 Å². The van der Waals surface area contributed by atoms with Gasteiger partial charge in [0.1, 0.15) is 11.1 Å². The van der Waals surface area contributed by atoms with Crippen LogP contribution in [0.1, 0.15) is 0 Å². The van der Waals surface area contributed by atoms with Crippen LogP contribution in [0.3, 0.4) is 0 Å². The van der Waals surface area contributed by atoms with Crippen molar-refractivity contribution in [3.05, 3.63) is 194 Å². The van der Waals surface area contributed by atoms with Crippen molar-refractivity contribution in [1.29, 1.82) is 0 Å². The van der Waals surface area contributed by atoms with Gasteiger partial charge < -0.3 is 9.32 Å². The molecule has 0 amide bonds. The van der Waals surface area contributed by atoms with Gasteiger partial charge in [-0.15, -0.1) is 0 Å². The van der Waals surface area contributed by atoms with Crippen LogP contribution in [0, 0.1) is 0 Å². The van der Waals surface area contributed by atoms with E-state index in [1.54, 1.807) is 0 Å². The Morgan fingerprint density at radius 3 is 1.91 bits per heavy atom. The van der Waals surface area contributed by atoms with Crippen LogP contribution in [-0.2, 0) is 0 Å². The maximum absolute atomic E-state index is 6.27. The summed E-state index contributed by atoms with van der Waals surface area (Å²) in [5.74, 6) is 0. The fraction of sp³-hybridized carbons (Fsp3) is 0. The van der Waals surface area contributed by atoms with E-state index in [1.807, 2.05) is 18.2 Å². The van der Waals surface area contributed by atoms with Gasteiger partial charge in [-0.1, -0.05) is 121 Å². The number of anilines is 3. The Morgan fingerprint density at radius 1 is 0.352 bits per heavy atom. The molecular formula is C51H32N2O. The Bertz CT molecular complexity index is 3230. The molecule has 0 bridgehead atoms. The van der Waals surface area contributed by atoms with Gasteiger partial charge in [-0.25, -0.2) is 4.98 Å². The molecule has 0 N–H and O–H groups in total. The van der Waals surface area contributed by atoms with Gasteiger partial charge in [-0.05, 0) is 127 Å². The molecule has 11 aromatic rings. The molecular weight excluding hydrogens is 657 g/mol. The van der Waals surface area contributed by atoms with Crippen molar-refractivity contribution in [2.75, 3.05) is 4.90 Å². The molecule has 0 radical (unpaired) electrons. The van der Waals surface area contributed by atoms with Gasteiger partial charge in [0.15, 0.2) is 5.58 Å². The number of rotatable bonds is 5. The van der Waals surface area contributed by atoms with Crippen molar-refractivity contribution in [2.45, 2.75) is 0 Å². The third kappa shape index (κ3) is 5.02. The SMILES string of the molecule is c1cc(-c2cc3ccccc3c3ccccc23)cc(N(c2ccc(-c3ccc4ccccc4c3)cc2)c2ccc3nc4c(cc3c2)oc2ccccc24)c1. The number of pyridine rings is 1. The van der Waals surface area contributed by atoms with E-state index in [0.717, 1.165) is 50.0 Å². The fourth-order valence-corrected chi connectivity index (χ4v) is 8.15. The molecule has 0 saturated heterocycles. The Morgan fingerprint density at radius 2 is 1.04 bits per heavy atom. The van der Waals surface area contributed by atoms with Gasteiger partial charge >= 0.3 is 0 Å². The lowest BCUT2D eigenvalue weighted by Gasteiger charge is -2.26. The Labute approximate surface area is 312 Å². The van der Waals surface area contributed by atoms with Crippen LogP contribution in [0.15, 0.2) is 199 Å². The van der Waals surface area contributed by atoms with Gasteiger partial charge in [0.25, 0.3) is 0 Å². The molecule has 0 fully saturated rings. The Kier molecular flexibility index (Phi) is 6.86. The summed E-state index contributed by atoms with van der Waals surface area (Å²) in [5.41, 5.74) is 11.4. The van der Waals surface area contributed by atoms with Crippen LogP contribution in [0.5, 0.6) is 0 Å². The second-order valence-electron chi connectivity index (χ2n) is 14.0. The minimum absolute atomic E-state index is 0.789. The van der Waals surface area contributed by atoms with Gasteiger partial charge in [0, 0.05) is 27.8 Å². The molecule has 252 valence electrons. The molecule has 0 atom stereocenters. The summed E-state index contributed by atoms with van der Waals surface area (Å²) >= 11 is 0. The van der Waals surface area contributed by atoms with Crippen molar-refractivity contribution >= 4 is 82.4 Å². The van der Waals surface area contributed by atoms with Crippen molar-refractivity contribution < 1.29 is 4.42 Å². The fourth-order valence-electron chi connectivity index (χ4n) is 8.15. The summed E-state index contributed by atoms with van der Waals surface area (Å²) in [5, 5.41) is 9.54. The minimum atomic E-state index is 0.789. The molecule has 2 heterocycles. The first-order valence-electron chi connectivity index (χ1n) is 18.4. The number of hydrogen-bond donors (Lipinski definition) is 0. The molecule has 0 aliphatic rings. The summed E-state index contributed by atoms with van der Waals surface area (Å²) < 4.78 is 6.27. The maximum Gasteiger partial charge on any atom is 0.154 e. The molecule has 2 aromatic heterocycles. The van der Waals surface area contributed by atoms with E-state index in [4.69, 9.17) is 9.40 Å². The first kappa shape index (κ1) is 30.4. The zero-order chi connectivity index (χ0) is 35.6. The highest BCUT2D eigenvalue weighted by Gasteiger charge is 2.17. The number of fused-ring (bicyclic) bond motifs is 8. The lowest BCUT2D eigenvalue weighted by atomic mass is 9.93. The average Bonchev–Trinajstić information content (AvgIpc) is 3.60. The van der Waals surface area contributed by atoms with Crippen molar-refractivity contribution in [3.63, 3.8) is 0 Å². The highest BCUT2D eigenvalue weighted by Crippen LogP contribution is 2.41. The molecule has 0 aliphatic carbocycles. The van der Waals surface area contributed by atoms with Crippen LogP contribution in [0.2, 0.25) is 0 Å². The van der Waals surface area contributed by atoms with Crippen molar-refractivity contribution in [1.82, 2.24) is 4.98 Å². The van der Waals surface area contributed by atoms with Crippen LogP contribution in [-0.4, -0.2) is 4.98 Å². The third-order valence-electron chi connectivity index (χ3n) is 10.8. The first-order chi connectivity index (χ1) is 26.7. The highest BCUT2D eigenvalue weighted by molar-refractivity contribution is 6.14. The van der Waals surface area contributed by atoms with Crippen molar-refractivity contribution in [3.8, 4) is 22.3 Å². The van der Waals surface area contributed by atoms with E-state index in [1.165, 1.54) is 54.6 Å². The zero-order valence-electron chi connectivity index (χ0n) is 29.3. The quantitative estimate of drug-likeness (QED) is 0.169. The zero-order valence-corrected chi connectivity index (χ0v) is 29.3. The Balaban J connectivity index is 1.08. The number of aromatic nitrogens is 1. The van der Waals surface area contributed by atoms with Crippen LogP contribution < -0.4 is 4.90 Å². The normalized spacial score (nSPS) is 11.7. The Hall–Kier alpha value is -7.23. The largest absolute Gasteiger partial charge is 0.454 e. The molecule has 11 rings (SSSR count). The predicted molar refractivity (Wildman–Crippen MR) is 227 cm³/mol. The number of para-hydroxylation sites is 1. The molecule has 3 heteroatoms. The molecule has 0 saturated carbocycles. The summed E-state index contributed by atoms with van der Waals surface area (Å²) in [6, 6.07) is 69.5. The standard InChI is InChI=1S/C51H32N2O/c1-2-11-35-28-36(21-20-33(35)10-1)34-22-24-40(25-23-34)53(42-26-27-48-39(30-42)32-50-51(52-48)46-18-7-8-19-49(46)54-50)41-14-9-13-37(29-41)47-31-38-12-3-4-15-43(38)44-16-5-6-17-45(44)47/h1-32H. The lowest BCUT2D eigenvalue weighted by molar-refractivity contribution is 0.669. The summed E-state index contributed by atoms with van der Waals surface area (Å²) in [4.78, 5) is 7.42. The number of furan rings is 1. The molecule has 0 unspecified atom stereocenters. The maximum atomic E-state index is 6.27. The topological polar surface area (TPSA) is 29.3 Å². The van der Waals surface area contributed by atoms with Crippen LogP contribution in [0.25, 0.3) is 87.5 Å². The van der Waals surface area contributed by atoms with Crippen LogP contribution >= 0.6 is 0 Å². The van der Waals surface area contributed by atoms with Gasteiger partial charge in [0.05, 0.1) is 5.52 Å². The predicted octanol–water partition coefficient (Wildman–Crippen LogP) is 14.4. The second-order valence-corrected chi connectivity index (χ2v) is 14.0. The molecule has 0 aliphatic heterocycles. The van der Waals surface area contributed by atoms with E-state index in [-0.39, 0.29) is 0 Å². The molecule has 9 aromatic carbocycles. The summed E-state index contributed by atoms with van der Waals surface area (Å²) in [6.45, 7) is 0. The van der Waals surface area contributed by atoms with E-state index < -0.39 is 0 Å². The molecule has 54 heavy (non-hydrogen) atoms. The van der Waals surface area contributed by atoms with Gasteiger partial charge in [-0.3, -0.25) is 0 Å². The first-order valence-corrected chi connectivity index (χ1v) is 18.4. The summed E-state index contributed by atoms with van der Waals surface area (Å²) in [6.07, 6.45) is 0. The number of benzene rings is 9. The highest BCUT2D eigenvalue weighted by atomic mass is 16.3. The van der Waals surface area contributed by atoms with Crippen LogP contribution in [0.4, 0.5) is 17.1 Å².